The quantitative estimate of drug-likeness (QED) is 0.819. The summed E-state index contributed by atoms with van der Waals surface area (Å²) in [5.74, 6) is 1.37. The molecule has 0 atom stereocenters. The summed E-state index contributed by atoms with van der Waals surface area (Å²) in [6.07, 6.45) is 0. The molecule has 0 spiro atoms. The Hall–Kier alpha value is -1.15. The molecule has 0 bridgehead atoms. The zero-order valence-electron chi connectivity index (χ0n) is 12.3. The minimum absolute atomic E-state index is 0.160. The van der Waals surface area contributed by atoms with Gasteiger partial charge in [-0.3, -0.25) is 0 Å². The number of nitrogens with one attached hydrogen (secondary N) is 2. The maximum Gasteiger partial charge on any atom is 0.250 e. The predicted octanol–water partition coefficient (Wildman–Crippen LogP) is 2.63. The van der Waals surface area contributed by atoms with Crippen LogP contribution in [0.25, 0.3) is 0 Å². The molecular weight excluding hydrogens is 308 g/mol. The number of hydrogen-bond acceptors (Lipinski definition) is 5. The molecule has 0 radical (unpaired) electrons. The van der Waals surface area contributed by atoms with E-state index in [1.54, 1.807) is 12.1 Å². The highest BCUT2D eigenvalue weighted by molar-refractivity contribution is 7.91. The van der Waals surface area contributed by atoms with Crippen molar-refractivity contribution < 1.29 is 12.8 Å². The van der Waals surface area contributed by atoms with Crippen LogP contribution < -0.4 is 10.0 Å². The fourth-order valence-corrected chi connectivity index (χ4v) is 4.06. The first-order chi connectivity index (χ1) is 9.87. The van der Waals surface area contributed by atoms with Crippen LogP contribution in [0.2, 0.25) is 0 Å². The van der Waals surface area contributed by atoms with Gasteiger partial charge in [0.1, 0.15) is 15.7 Å². The number of sulfonamides is 1. The van der Waals surface area contributed by atoms with Crippen molar-refractivity contribution >= 4 is 21.4 Å². The van der Waals surface area contributed by atoms with E-state index in [4.69, 9.17) is 4.42 Å². The molecule has 0 saturated heterocycles. The molecule has 5 nitrogen and oxygen atoms in total. The second kappa shape index (κ2) is 6.74. The molecule has 0 aliphatic carbocycles. The topological polar surface area (TPSA) is 71.3 Å². The van der Waals surface area contributed by atoms with E-state index >= 15 is 0 Å². The van der Waals surface area contributed by atoms with Crippen LogP contribution in [-0.4, -0.2) is 14.5 Å². The maximum absolute atomic E-state index is 12.2. The highest BCUT2D eigenvalue weighted by Gasteiger charge is 2.17. The Balaban J connectivity index is 1.99. The minimum atomic E-state index is -3.49. The van der Waals surface area contributed by atoms with Gasteiger partial charge in [-0.05, 0) is 31.2 Å². The van der Waals surface area contributed by atoms with Crippen molar-refractivity contribution in [1.29, 1.82) is 0 Å². The fraction of sp³-hybridized carbons (Fsp3) is 0.429. The van der Waals surface area contributed by atoms with Crippen molar-refractivity contribution in [3.8, 4) is 0 Å². The molecule has 116 valence electrons. The average molecular weight is 328 g/mol. The van der Waals surface area contributed by atoms with Crippen LogP contribution >= 0.6 is 11.3 Å². The zero-order valence-corrected chi connectivity index (χ0v) is 14.0. The Morgan fingerprint density at radius 3 is 2.57 bits per heavy atom. The van der Waals surface area contributed by atoms with Gasteiger partial charge >= 0.3 is 0 Å². The highest BCUT2D eigenvalue weighted by Crippen LogP contribution is 2.21. The Kier molecular flexibility index (Phi) is 5.21. The third-order valence-corrected chi connectivity index (χ3v) is 5.80. The molecule has 2 aromatic rings. The van der Waals surface area contributed by atoms with Gasteiger partial charge in [-0.1, -0.05) is 13.8 Å². The second-order valence-corrected chi connectivity index (χ2v) is 8.26. The lowest BCUT2D eigenvalue weighted by molar-refractivity contribution is 0.475. The van der Waals surface area contributed by atoms with Gasteiger partial charge in [0.05, 0.1) is 6.54 Å². The smallest absolute Gasteiger partial charge is 0.250 e. The zero-order chi connectivity index (χ0) is 15.5. The molecule has 0 aliphatic heterocycles. The van der Waals surface area contributed by atoms with E-state index in [-0.39, 0.29) is 6.54 Å². The fourth-order valence-electron chi connectivity index (χ4n) is 1.72. The molecule has 0 amide bonds. The van der Waals surface area contributed by atoms with Crippen LogP contribution in [-0.2, 0) is 23.1 Å². The Morgan fingerprint density at radius 1 is 1.19 bits per heavy atom. The third kappa shape index (κ3) is 4.67. The van der Waals surface area contributed by atoms with Gasteiger partial charge in [-0.15, -0.1) is 11.3 Å². The molecule has 2 N–H and O–H groups in total. The molecule has 21 heavy (non-hydrogen) atoms. The molecule has 0 aliphatic rings. The molecule has 2 heterocycles. The number of hydrogen-bond donors (Lipinski definition) is 2. The molecular formula is C14H20N2O3S2. The number of furan rings is 1. The monoisotopic (exact) mass is 328 g/mol. The summed E-state index contributed by atoms with van der Waals surface area (Å²) in [6, 6.07) is 7.42. The lowest BCUT2D eigenvalue weighted by Gasteiger charge is -2.05. The molecule has 0 aromatic carbocycles. The SMILES string of the molecule is Cc1ccc(CNS(=O)(=O)c2ccc(CNC(C)C)s2)o1. The Bertz CT molecular complexity index is 687. The van der Waals surface area contributed by atoms with Crippen molar-refractivity contribution in [1.82, 2.24) is 10.0 Å². The van der Waals surface area contributed by atoms with Crippen LogP contribution in [0.15, 0.2) is 32.9 Å². The lowest BCUT2D eigenvalue weighted by atomic mass is 10.4. The van der Waals surface area contributed by atoms with Crippen LogP contribution in [0.5, 0.6) is 0 Å². The van der Waals surface area contributed by atoms with Gasteiger partial charge in [0, 0.05) is 17.5 Å². The van der Waals surface area contributed by atoms with Crippen molar-refractivity contribution in [2.24, 2.45) is 0 Å². The van der Waals surface area contributed by atoms with E-state index in [1.807, 2.05) is 19.1 Å². The van der Waals surface area contributed by atoms with E-state index in [0.29, 0.717) is 22.6 Å². The summed E-state index contributed by atoms with van der Waals surface area (Å²) < 4.78 is 32.6. The summed E-state index contributed by atoms with van der Waals surface area (Å²) in [5, 5.41) is 3.27. The van der Waals surface area contributed by atoms with E-state index in [2.05, 4.69) is 23.9 Å². The van der Waals surface area contributed by atoms with Crippen molar-refractivity contribution in [2.45, 2.75) is 44.1 Å². The first kappa shape index (κ1) is 16.2. The van der Waals surface area contributed by atoms with E-state index in [9.17, 15) is 8.42 Å². The minimum Gasteiger partial charge on any atom is -0.465 e. The van der Waals surface area contributed by atoms with E-state index in [0.717, 1.165) is 10.6 Å². The Labute approximate surface area is 129 Å². The van der Waals surface area contributed by atoms with E-state index in [1.165, 1.54) is 11.3 Å². The second-order valence-electron chi connectivity index (χ2n) is 5.09. The molecule has 2 aromatic heterocycles. The highest BCUT2D eigenvalue weighted by atomic mass is 32.2. The number of thiophene rings is 1. The van der Waals surface area contributed by atoms with Crippen LogP contribution in [0.1, 0.15) is 30.2 Å². The standard InChI is InChI=1S/C14H20N2O3S2/c1-10(2)15-9-13-6-7-14(20-13)21(17,18)16-8-12-5-4-11(3)19-12/h4-7,10,15-16H,8-9H2,1-3H3. The summed E-state index contributed by atoms with van der Waals surface area (Å²) in [7, 11) is -3.49. The first-order valence-corrected chi connectivity index (χ1v) is 9.04. The van der Waals surface area contributed by atoms with Gasteiger partial charge in [0.25, 0.3) is 0 Å². The van der Waals surface area contributed by atoms with Gasteiger partial charge < -0.3 is 9.73 Å². The van der Waals surface area contributed by atoms with Gasteiger partial charge in [-0.25, -0.2) is 13.1 Å². The molecule has 0 saturated carbocycles. The van der Waals surface area contributed by atoms with Gasteiger partial charge in [-0.2, -0.15) is 0 Å². The summed E-state index contributed by atoms with van der Waals surface area (Å²) >= 11 is 1.28. The maximum atomic E-state index is 12.2. The third-order valence-electron chi connectivity index (χ3n) is 2.82. The predicted molar refractivity (Wildman–Crippen MR) is 83.8 cm³/mol. The van der Waals surface area contributed by atoms with Crippen molar-refractivity contribution in [3.63, 3.8) is 0 Å². The molecule has 7 heteroatoms. The largest absolute Gasteiger partial charge is 0.465 e. The molecule has 0 unspecified atom stereocenters. The average Bonchev–Trinajstić information content (AvgIpc) is 3.03. The number of aryl methyl sites for hydroxylation is 1. The summed E-state index contributed by atoms with van der Waals surface area (Å²) in [4.78, 5) is 0.998. The van der Waals surface area contributed by atoms with Crippen LogP contribution in [0.4, 0.5) is 0 Å². The first-order valence-electron chi connectivity index (χ1n) is 6.74. The lowest BCUT2D eigenvalue weighted by Crippen LogP contribution is -2.22. The molecule has 2 rings (SSSR count). The molecule has 0 fully saturated rings. The normalized spacial score (nSPS) is 12.2. The number of rotatable bonds is 7. The van der Waals surface area contributed by atoms with Crippen LogP contribution in [0.3, 0.4) is 0 Å². The Morgan fingerprint density at radius 2 is 1.95 bits per heavy atom. The van der Waals surface area contributed by atoms with Gasteiger partial charge in [0.15, 0.2) is 0 Å². The van der Waals surface area contributed by atoms with Gasteiger partial charge in [0.2, 0.25) is 10.0 Å². The van der Waals surface area contributed by atoms with Crippen molar-refractivity contribution in [3.05, 3.63) is 40.7 Å². The summed E-state index contributed by atoms with van der Waals surface area (Å²) in [5.41, 5.74) is 0. The van der Waals surface area contributed by atoms with E-state index < -0.39 is 10.0 Å². The van der Waals surface area contributed by atoms with Crippen molar-refractivity contribution in [2.75, 3.05) is 0 Å². The summed E-state index contributed by atoms with van der Waals surface area (Å²) in [6.45, 7) is 6.77. The van der Waals surface area contributed by atoms with Crippen LogP contribution in [0, 0.1) is 6.92 Å².